The Morgan fingerprint density at radius 2 is 1.18 bits per heavy atom. The van der Waals surface area contributed by atoms with Gasteiger partial charge in [0, 0.05) is 54.5 Å². The first-order chi connectivity index (χ1) is 24.0. The van der Waals surface area contributed by atoms with Crippen molar-refractivity contribution in [1.29, 1.82) is 10.5 Å². The van der Waals surface area contributed by atoms with Gasteiger partial charge in [-0.2, -0.15) is 0 Å². The van der Waals surface area contributed by atoms with Crippen LogP contribution in [0.5, 0.6) is 0 Å². The van der Waals surface area contributed by atoms with Crippen molar-refractivity contribution in [2.45, 2.75) is 75.0 Å². The summed E-state index contributed by atoms with van der Waals surface area (Å²) in [5, 5.41) is 18.6. The molecule has 2 spiro atoms. The van der Waals surface area contributed by atoms with Crippen LogP contribution in [0.2, 0.25) is 0 Å². The molecular formula is C40H28N4S5. The van der Waals surface area contributed by atoms with Crippen molar-refractivity contribution >= 4 is 89.4 Å². The van der Waals surface area contributed by atoms with Crippen molar-refractivity contribution in [3.63, 3.8) is 0 Å². The molecule has 0 aromatic carbocycles. The van der Waals surface area contributed by atoms with Crippen LogP contribution in [0, 0.1) is 35.8 Å². The summed E-state index contributed by atoms with van der Waals surface area (Å²) in [7, 11) is 0. The summed E-state index contributed by atoms with van der Waals surface area (Å²) in [6.07, 6.45) is 15.9. The Kier molecular flexibility index (Phi) is 7.44. The normalized spacial score (nSPS) is 19.0. The summed E-state index contributed by atoms with van der Waals surface area (Å²) in [5.74, 6) is 0. The molecule has 4 aliphatic carbocycles. The van der Waals surface area contributed by atoms with Crippen molar-refractivity contribution in [1.82, 2.24) is 0 Å². The summed E-state index contributed by atoms with van der Waals surface area (Å²) in [5.41, 5.74) is 6.94. The first-order valence-electron chi connectivity index (χ1n) is 16.7. The van der Waals surface area contributed by atoms with E-state index in [-0.39, 0.29) is 22.2 Å². The first-order valence-corrected chi connectivity index (χ1v) is 20.8. The van der Waals surface area contributed by atoms with E-state index in [1.54, 1.807) is 62.0 Å². The van der Waals surface area contributed by atoms with Crippen LogP contribution < -0.4 is 0 Å². The fraction of sp³-hybridized carbons (Fsp3) is 0.300. The van der Waals surface area contributed by atoms with Gasteiger partial charge in [0.15, 0.2) is 0 Å². The Morgan fingerprint density at radius 1 is 0.633 bits per heavy atom. The summed E-state index contributed by atoms with van der Waals surface area (Å²) < 4.78 is 2.88. The molecule has 2 saturated carbocycles. The number of hydrogen-bond acceptors (Lipinski definition) is 7. The second kappa shape index (κ2) is 11.8. The van der Waals surface area contributed by atoms with Crippen molar-refractivity contribution in [2.75, 3.05) is 0 Å². The standard InChI is InChI=1S/C40H28N4S5/c1-43-23(21-41)17-25-9-11-28(45-25)30-19-27-36(47-30)33-34(39(27)13-5-3-6-14-39)38-35(40(33)15-7-4-8-16-40)37-32(49-38)20-31(48-37)29-12-10-26(46-29)18-24(22-42)44-2/h9-12,17-20H,3-8,13-16H2/b23-17+,24-18-. The van der Waals surface area contributed by atoms with E-state index in [4.69, 9.17) is 13.1 Å². The van der Waals surface area contributed by atoms with Crippen LogP contribution in [0.15, 0.2) is 47.8 Å². The molecule has 0 saturated heterocycles. The van der Waals surface area contributed by atoms with Crippen LogP contribution in [0.4, 0.5) is 0 Å². The number of nitrogens with zero attached hydrogens (tertiary/aromatic N) is 4. The van der Waals surface area contributed by atoms with Gasteiger partial charge in [-0.25, -0.2) is 20.2 Å². The van der Waals surface area contributed by atoms with Gasteiger partial charge in [-0.15, -0.1) is 56.7 Å². The van der Waals surface area contributed by atoms with Crippen LogP contribution in [0.25, 0.3) is 61.9 Å². The zero-order chi connectivity index (χ0) is 33.3. The molecule has 238 valence electrons. The minimum atomic E-state index is 0.0580. The highest BCUT2D eigenvalue weighted by Crippen LogP contribution is 2.73. The average Bonchev–Trinajstić information content (AvgIpc) is 3.98. The number of allylic oxidation sites excluding steroid dienone is 4. The molecule has 0 N–H and O–H groups in total. The van der Waals surface area contributed by atoms with E-state index < -0.39 is 0 Å². The molecule has 0 amide bonds. The maximum atomic E-state index is 9.32. The molecule has 5 heterocycles. The van der Waals surface area contributed by atoms with Gasteiger partial charge >= 0.3 is 0 Å². The maximum absolute atomic E-state index is 9.32. The molecule has 2 fully saturated rings. The molecule has 9 heteroatoms. The molecule has 0 aliphatic heterocycles. The predicted octanol–water partition coefficient (Wildman–Crippen LogP) is 13.4. The first kappa shape index (κ1) is 31.0. The van der Waals surface area contributed by atoms with Gasteiger partial charge in [0.05, 0.1) is 30.0 Å². The van der Waals surface area contributed by atoms with E-state index in [0.717, 1.165) is 9.75 Å². The van der Waals surface area contributed by atoms with Gasteiger partial charge in [0.2, 0.25) is 0 Å². The molecule has 4 nitrogen and oxygen atoms in total. The molecule has 4 aliphatic rings. The van der Waals surface area contributed by atoms with E-state index in [1.165, 1.54) is 98.0 Å². The monoisotopic (exact) mass is 724 g/mol. The van der Waals surface area contributed by atoms with Crippen LogP contribution in [-0.4, -0.2) is 0 Å². The number of fused-ring (bicyclic) bond motifs is 10. The number of hydrogen-bond donors (Lipinski definition) is 0. The quantitative estimate of drug-likeness (QED) is 0.137. The molecule has 9 rings (SSSR count). The zero-order valence-electron chi connectivity index (χ0n) is 26.5. The third-order valence-corrected chi connectivity index (χ3v) is 17.0. The van der Waals surface area contributed by atoms with Crippen molar-refractivity contribution in [2.24, 2.45) is 0 Å². The molecule has 0 bridgehead atoms. The van der Waals surface area contributed by atoms with Crippen LogP contribution in [-0.2, 0) is 10.8 Å². The van der Waals surface area contributed by atoms with Crippen molar-refractivity contribution in [3.8, 4) is 31.6 Å². The Balaban J connectivity index is 1.19. The third-order valence-electron chi connectivity index (χ3n) is 10.9. The molecule has 5 aromatic heterocycles. The highest BCUT2D eigenvalue weighted by atomic mass is 32.1. The summed E-state index contributed by atoms with van der Waals surface area (Å²) >= 11 is 9.32. The maximum Gasteiger partial charge on any atom is 0.263 e. The van der Waals surface area contributed by atoms with Gasteiger partial charge in [0.25, 0.3) is 11.4 Å². The molecule has 49 heavy (non-hydrogen) atoms. The summed E-state index contributed by atoms with van der Waals surface area (Å²) in [4.78, 5) is 16.8. The summed E-state index contributed by atoms with van der Waals surface area (Å²) in [6, 6.07) is 17.3. The summed E-state index contributed by atoms with van der Waals surface area (Å²) in [6.45, 7) is 14.6. The lowest BCUT2D eigenvalue weighted by Crippen LogP contribution is -2.28. The zero-order valence-corrected chi connectivity index (χ0v) is 30.6. The second-order valence-corrected chi connectivity index (χ2v) is 18.8. The number of thiophene rings is 5. The fourth-order valence-electron chi connectivity index (χ4n) is 8.98. The van der Waals surface area contributed by atoms with E-state index in [1.807, 2.05) is 52.2 Å². The Bertz CT molecular complexity index is 2430. The molecule has 5 aromatic rings. The Hall–Kier alpha value is -4.06. The van der Waals surface area contributed by atoms with E-state index in [2.05, 4.69) is 40.0 Å². The Morgan fingerprint density at radius 3 is 1.76 bits per heavy atom. The number of nitriles is 2. The van der Waals surface area contributed by atoms with E-state index in [9.17, 15) is 10.5 Å². The molecule has 0 radical (unpaired) electrons. The molecular weight excluding hydrogens is 697 g/mol. The average molecular weight is 725 g/mol. The topological polar surface area (TPSA) is 56.3 Å². The predicted molar refractivity (Wildman–Crippen MR) is 207 cm³/mol. The minimum Gasteiger partial charge on any atom is -0.227 e. The third kappa shape index (κ3) is 4.58. The molecule has 0 unspecified atom stereocenters. The van der Waals surface area contributed by atoms with Gasteiger partial charge in [-0.05, 0) is 96.5 Å². The van der Waals surface area contributed by atoms with E-state index >= 15 is 0 Å². The SMILES string of the molecule is [C-]#[N+]/C(C#N)=C\c1ccc(-c2cc3sc4c(c3s2)C2(CCCCC2)C2=C4C3(CCCCC3)c3cc(-c4ccc(/C=C(\C#N)[N+]#[C-])s4)sc32)s1. The smallest absolute Gasteiger partial charge is 0.227 e. The van der Waals surface area contributed by atoms with Crippen molar-refractivity contribution in [3.05, 3.63) is 101 Å². The lowest BCUT2D eigenvalue weighted by molar-refractivity contribution is 0.374. The van der Waals surface area contributed by atoms with E-state index in [0.29, 0.717) is 0 Å². The lowest BCUT2D eigenvalue weighted by Gasteiger charge is -2.37. The van der Waals surface area contributed by atoms with Crippen molar-refractivity contribution < 1.29 is 0 Å². The van der Waals surface area contributed by atoms with Crippen LogP contribution in [0.3, 0.4) is 0 Å². The van der Waals surface area contributed by atoms with Gasteiger partial charge in [-0.3, -0.25) is 0 Å². The minimum absolute atomic E-state index is 0.0580. The van der Waals surface area contributed by atoms with Gasteiger partial charge < -0.3 is 0 Å². The lowest BCUT2D eigenvalue weighted by atomic mass is 9.67. The highest BCUT2D eigenvalue weighted by molar-refractivity contribution is 7.32. The van der Waals surface area contributed by atoms with Gasteiger partial charge in [-0.1, -0.05) is 38.5 Å². The Labute approximate surface area is 305 Å². The molecule has 0 atom stereocenters. The number of rotatable bonds is 4. The second-order valence-electron chi connectivity index (χ2n) is 13.4. The largest absolute Gasteiger partial charge is 0.263 e. The fourth-order valence-corrected chi connectivity index (χ4v) is 15.4. The highest BCUT2D eigenvalue weighted by Gasteiger charge is 2.59. The van der Waals surface area contributed by atoms with Crippen LogP contribution in [0.1, 0.15) is 94.8 Å². The van der Waals surface area contributed by atoms with Crippen LogP contribution >= 0.6 is 56.7 Å². The van der Waals surface area contributed by atoms with Gasteiger partial charge in [0.1, 0.15) is 0 Å².